The fraction of sp³-hybridized carbons (Fsp3) is 0.533. The summed E-state index contributed by atoms with van der Waals surface area (Å²) < 4.78 is 10.3. The topological polar surface area (TPSA) is 35.5 Å². The molecule has 0 spiro atoms. The minimum atomic E-state index is 0.429. The molecular weight excluding hydrogens is 228 g/mol. The molecule has 99 valence electrons. The van der Waals surface area contributed by atoms with Gasteiger partial charge < -0.3 is 9.47 Å². The van der Waals surface area contributed by atoms with Gasteiger partial charge in [-0.15, -0.1) is 0 Å². The molecule has 0 fully saturated rings. The molecule has 0 saturated heterocycles. The summed E-state index contributed by atoms with van der Waals surface area (Å²) in [5.74, 6) is 1.04. The maximum Gasteiger partial charge on any atom is 0.423 e. The van der Waals surface area contributed by atoms with Crippen LogP contribution in [0.1, 0.15) is 45.4 Å². The highest BCUT2D eigenvalue weighted by molar-refractivity contribution is 5.51. The molecule has 0 amide bonds. The lowest BCUT2D eigenvalue weighted by molar-refractivity contribution is 0.293. The molecule has 1 rings (SSSR count). The predicted molar refractivity (Wildman–Crippen MR) is 71.6 cm³/mol. The van der Waals surface area contributed by atoms with E-state index in [4.69, 9.17) is 9.47 Å². The lowest BCUT2D eigenvalue weighted by Gasteiger charge is -2.08. The average Bonchev–Trinajstić information content (AvgIpc) is 2.40. The van der Waals surface area contributed by atoms with E-state index in [1.165, 1.54) is 38.6 Å². The van der Waals surface area contributed by atoms with Crippen molar-refractivity contribution < 1.29 is 14.3 Å². The van der Waals surface area contributed by atoms with Crippen LogP contribution in [0.2, 0.25) is 0 Å². The van der Waals surface area contributed by atoms with Gasteiger partial charge in [-0.1, -0.05) is 51.2 Å². The highest BCUT2D eigenvalue weighted by atomic mass is 16.5. The first kappa shape index (κ1) is 14.6. The SMILES string of the molecule is CCCCCCCCOc1ccccc1O[C]=O. The van der Waals surface area contributed by atoms with Gasteiger partial charge in [0.2, 0.25) is 0 Å². The number of hydrogen-bond donors (Lipinski definition) is 0. The van der Waals surface area contributed by atoms with E-state index >= 15 is 0 Å². The van der Waals surface area contributed by atoms with Gasteiger partial charge >= 0.3 is 6.47 Å². The maximum atomic E-state index is 10.2. The van der Waals surface area contributed by atoms with Crippen molar-refractivity contribution in [3.8, 4) is 11.5 Å². The Morgan fingerprint density at radius 3 is 2.39 bits per heavy atom. The van der Waals surface area contributed by atoms with Crippen molar-refractivity contribution >= 4 is 6.47 Å². The monoisotopic (exact) mass is 249 g/mol. The number of para-hydroxylation sites is 2. The van der Waals surface area contributed by atoms with Crippen LogP contribution in [0.4, 0.5) is 0 Å². The van der Waals surface area contributed by atoms with Crippen LogP contribution < -0.4 is 9.47 Å². The molecule has 3 nitrogen and oxygen atoms in total. The van der Waals surface area contributed by atoms with Gasteiger partial charge in [-0.05, 0) is 18.6 Å². The summed E-state index contributed by atoms with van der Waals surface area (Å²) in [5, 5.41) is 0. The molecule has 0 atom stereocenters. The van der Waals surface area contributed by atoms with E-state index < -0.39 is 0 Å². The van der Waals surface area contributed by atoms with Crippen molar-refractivity contribution in [3.63, 3.8) is 0 Å². The fourth-order valence-corrected chi connectivity index (χ4v) is 1.76. The largest absolute Gasteiger partial charge is 0.490 e. The normalized spacial score (nSPS) is 10.1. The minimum Gasteiger partial charge on any atom is -0.490 e. The second-order valence-electron chi connectivity index (χ2n) is 4.25. The highest BCUT2D eigenvalue weighted by Gasteiger charge is 2.03. The summed E-state index contributed by atoms with van der Waals surface area (Å²) in [6.07, 6.45) is 7.36. The van der Waals surface area contributed by atoms with Crippen molar-refractivity contribution in [1.82, 2.24) is 0 Å². The Balaban J connectivity index is 2.20. The summed E-state index contributed by atoms with van der Waals surface area (Å²) in [7, 11) is 0. The molecule has 1 radical (unpaired) electrons. The summed E-state index contributed by atoms with van der Waals surface area (Å²) in [4.78, 5) is 10.2. The number of rotatable bonds is 10. The number of ether oxygens (including phenoxy) is 2. The molecule has 0 aliphatic carbocycles. The lowest BCUT2D eigenvalue weighted by atomic mass is 10.1. The molecule has 1 aromatic carbocycles. The van der Waals surface area contributed by atoms with E-state index in [0.29, 0.717) is 18.1 Å². The van der Waals surface area contributed by atoms with Gasteiger partial charge in [0.1, 0.15) is 0 Å². The van der Waals surface area contributed by atoms with Gasteiger partial charge in [0.05, 0.1) is 6.61 Å². The Morgan fingerprint density at radius 1 is 1.00 bits per heavy atom. The summed E-state index contributed by atoms with van der Waals surface area (Å²) in [6, 6.07) is 7.14. The summed E-state index contributed by atoms with van der Waals surface area (Å²) >= 11 is 0. The van der Waals surface area contributed by atoms with E-state index in [-0.39, 0.29) is 0 Å². The van der Waals surface area contributed by atoms with E-state index in [1.54, 1.807) is 18.2 Å². The number of benzene rings is 1. The third-order valence-corrected chi connectivity index (χ3v) is 2.76. The molecule has 0 unspecified atom stereocenters. The fourth-order valence-electron chi connectivity index (χ4n) is 1.76. The van der Waals surface area contributed by atoms with Crippen LogP contribution in [0, 0.1) is 0 Å². The average molecular weight is 249 g/mol. The van der Waals surface area contributed by atoms with E-state index in [9.17, 15) is 4.79 Å². The molecule has 3 heteroatoms. The molecule has 0 aromatic heterocycles. The lowest BCUT2D eigenvalue weighted by Crippen LogP contribution is -2.00. The zero-order chi connectivity index (χ0) is 13.1. The van der Waals surface area contributed by atoms with Gasteiger partial charge in [0.15, 0.2) is 11.5 Å². The van der Waals surface area contributed by atoms with Crippen molar-refractivity contribution in [2.24, 2.45) is 0 Å². The molecule has 1 aromatic rings. The maximum absolute atomic E-state index is 10.2. The minimum absolute atomic E-state index is 0.429. The molecule has 18 heavy (non-hydrogen) atoms. The van der Waals surface area contributed by atoms with Gasteiger partial charge in [0.25, 0.3) is 0 Å². The number of hydrogen-bond acceptors (Lipinski definition) is 3. The Labute approximate surface area is 109 Å². The third kappa shape index (κ3) is 5.71. The predicted octanol–water partition coefficient (Wildman–Crippen LogP) is 3.87. The van der Waals surface area contributed by atoms with Gasteiger partial charge in [-0.25, -0.2) is 4.79 Å². The van der Waals surface area contributed by atoms with Crippen molar-refractivity contribution in [1.29, 1.82) is 0 Å². The van der Waals surface area contributed by atoms with Crippen LogP contribution in [0.5, 0.6) is 11.5 Å². The Hall–Kier alpha value is -1.51. The van der Waals surface area contributed by atoms with Crippen LogP contribution >= 0.6 is 0 Å². The van der Waals surface area contributed by atoms with Crippen molar-refractivity contribution in [2.75, 3.05) is 6.61 Å². The Kier molecular flexibility index (Phi) is 7.69. The van der Waals surface area contributed by atoms with Crippen LogP contribution in [0.3, 0.4) is 0 Å². The summed E-state index contributed by atoms with van der Waals surface area (Å²) in [5.41, 5.74) is 0. The standard InChI is InChI=1S/C15H21O3/c1-2-3-4-5-6-9-12-17-14-10-7-8-11-15(14)18-13-16/h7-8,10-11H,2-6,9,12H2,1H3. The third-order valence-electron chi connectivity index (χ3n) is 2.76. The molecule has 0 N–H and O–H groups in total. The van der Waals surface area contributed by atoms with Crippen LogP contribution in [-0.4, -0.2) is 13.1 Å². The molecule has 0 saturated carbocycles. The van der Waals surface area contributed by atoms with Crippen LogP contribution in [0.25, 0.3) is 0 Å². The van der Waals surface area contributed by atoms with Gasteiger partial charge in [-0.2, -0.15) is 0 Å². The van der Waals surface area contributed by atoms with Gasteiger partial charge in [-0.3, -0.25) is 0 Å². The molecule has 0 aliphatic heterocycles. The summed E-state index contributed by atoms with van der Waals surface area (Å²) in [6.45, 7) is 4.29. The number of carbonyl (C=O) groups excluding carboxylic acids is 1. The van der Waals surface area contributed by atoms with Gasteiger partial charge in [0, 0.05) is 0 Å². The second kappa shape index (κ2) is 9.51. The Morgan fingerprint density at radius 2 is 1.67 bits per heavy atom. The van der Waals surface area contributed by atoms with E-state index in [2.05, 4.69) is 6.92 Å². The number of unbranched alkanes of at least 4 members (excludes halogenated alkanes) is 5. The highest BCUT2D eigenvalue weighted by Crippen LogP contribution is 2.26. The quantitative estimate of drug-likeness (QED) is 0.590. The molecule has 0 heterocycles. The van der Waals surface area contributed by atoms with E-state index in [0.717, 1.165) is 6.42 Å². The second-order valence-corrected chi connectivity index (χ2v) is 4.25. The zero-order valence-corrected chi connectivity index (χ0v) is 11.0. The first-order valence-electron chi connectivity index (χ1n) is 6.64. The molecular formula is C15H21O3. The molecule has 0 aliphatic rings. The van der Waals surface area contributed by atoms with E-state index in [1.807, 2.05) is 6.07 Å². The van der Waals surface area contributed by atoms with Crippen LogP contribution in [-0.2, 0) is 4.79 Å². The van der Waals surface area contributed by atoms with Crippen molar-refractivity contribution in [2.45, 2.75) is 45.4 Å². The first-order chi connectivity index (χ1) is 8.88. The Bertz CT molecular complexity index is 336. The van der Waals surface area contributed by atoms with Crippen molar-refractivity contribution in [3.05, 3.63) is 24.3 Å². The molecule has 0 bridgehead atoms. The van der Waals surface area contributed by atoms with Crippen LogP contribution in [0.15, 0.2) is 24.3 Å². The first-order valence-corrected chi connectivity index (χ1v) is 6.64. The zero-order valence-electron chi connectivity index (χ0n) is 11.0. The smallest absolute Gasteiger partial charge is 0.423 e.